The van der Waals surface area contributed by atoms with Crippen molar-refractivity contribution in [3.8, 4) is 0 Å². The number of hydrogen-bond donors (Lipinski definition) is 4. The van der Waals surface area contributed by atoms with E-state index in [1.165, 1.54) is 24.7 Å². The first-order valence-corrected chi connectivity index (χ1v) is 11.3. The van der Waals surface area contributed by atoms with Gasteiger partial charge in [-0.05, 0) is 53.5 Å². The van der Waals surface area contributed by atoms with Gasteiger partial charge in [-0.3, -0.25) is 14.3 Å². The van der Waals surface area contributed by atoms with Crippen molar-refractivity contribution in [2.24, 2.45) is 0 Å². The van der Waals surface area contributed by atoms with Crippen molar-refractivity contribution in [3.63, 3.8) is 0 Å². The number of nitrogens with one attached hydrogen (secondary N) is 3. The molecular formula is C21H23BrClFN6O3. The number of H-pyrrole nitrogens is 1. The summed E-state index contributed by atoms with van der Waals surface area (Å²) >= 11 is 9.30. The summed E-state index contributed by atoms with van der Waals surface area (Å²) in [7, 11) is 0. The van der Waals surface area contributed by atoms with E-state index in [1.54, 1.807) is 10.9 Å². The molecular weight excluding hydrogens is 519 g/mol. The molecule has 2 aromatic heterocycles. The Morgan fingerprint density at radius 1 is 1.33 bits per heavy atom. The molecule has 3 aromatic rings. The molecule has 1 unspecified atom stereocenters. The second-order valence-corrected chi connectivity index (χ2v) is 8.96. The lowest BCUT2D eigenvalue weighted by Crippen LogP contribution is -2.43. The average molecular weight is 542 g/mol. The molecule has 0 radical (unpaired) electrons. The van der Waals surface area contributed by atoms with E-state index in [2.05, 4.69) is 41.6 Å². The molecule has 3 rings (SSSR count). The average Bonchev–Trinajstić information content (AvgIpc) is 3.39. The minimum atomic E-state index is -1.39. The SMILES string of the molecule is CC(C)n1cc(Br)c(C(=O)NCC(NC(=O)[C@H](O)Cc2cnc[nH]2)c2cc(F)cc(Cl)c2)n1. The van der Waals surface area contributed by atoms with E-state index in [0.29, 0.717) is 15.7 Å². The molecule has 0 aliphatic carbocycles. The minimum Gasteiger partial charge on any atom is -0.383 e. The lowest BCUT2D eigenvalue weighted by atomic mass is 10.1. The fourth-order valence-corrected chi connectivity index (χ4v) is 3.76. The van der Waals surface area contributed by atoms with Crippen molar-refractivity contribution in [1.82, 2.24) is 30.4 Å². The lowest BCUT2D eigenvalue weighted by molar-refractivity contribution is -0.130. The Morgan fingerprint density at radius 3 is 2.70 bits per heavy atom. The number of amides is 2. The topological polar surface area (TPSA) is 125 Å². The van der Waals surface area contributed by atoms with Crippen LogP contribution in [0.2, 0.25) is 5.02 Å². The van der Waals surface area contributed by atoms with Crippen molar-refractivity contribution < 1.29 is 19.1 Å². The molecule has 33 heavy (non-hydrogen) atoms. The molecule has 0 bridgehead atoms. The number of hydrogen-bond acceptors (Lipinski definition) is 5. The summed E-state index contributed by atoms with van der Waals surface area (Å²) in [6, 6.07) is 3.00. The summed E-state index contributed by atoms with van der Waals surface area (Å²) in [5, 5.41) is 20.0. The van der Waals surface area contributed by atoms with Gasteiger partial charge < -0.3 is 20.7 Å². The van der Waals surface area contributed by atoms with Crippen LogP contribution in [-0.2, 0) is 11.2 Å². The highest BCUT2D eigenvalue weighted by Gasteiger charge is 2.24. The first-order chi connectivity index (χ1) is 15.6. The second kappa shape index (κ2) is 10.9. The van der Waals surface area contributed by atoms with Crippen molar-refractivity contribution in [3.05, 3.63) is 69.2 Å². The van der Waals surface area contributed by atoms with Crippen molar-refractivity contribution >= 4 is 39.3 Å². The Morgan fingerprint density at radius 2 is 2.09 bits per heavy atom. The maximum absolute atomic E-state index is 14.0. The number of aliphatic hydroxyl groups is 1. The van der Waals surface area contributed by atoms with Crippen molar-refractivity contribution in [2.45, 2.75) is 38.5 Å². The number of imidazole rings is 1. The fraction of sp³-hybridized carbons (Fsp3) is 0.333. The highest BCUT2D eigenvalue weighted by atomic mass is 79.9. The van der Waals surface area contributed by atoms with E-state index in [-0.39, 0.29) is 29.7 Å². The third-order valence-electron chi connectivity index (χ3n) is 4.77. The van der Waals surface area contributed by atoms with Crippen molar-refractivity contribution in [1.29, 1.82) is 0 Å². The highest BCUT2D eigenvalue weighted by Crippen LogP contribution is 2.21. The Bertz CT molecular complexity index is 1100. The predicted octanol–water partition coefficient (Wildman–Crippen LogP) is 2.93. The second-order valence-electron chi connectivity index (χ2n) is 7.67. The summed E-state index contributed by atoms with van der Waals surface area (Å²) in [4.78, 5) is 32.0. The molecule has 9 nitrogen and oxygen atoms in total. The van der Waals surface area contributed by atoms with Gasteiger partial charge in [-0.25, -0.2) is 9.37 Å². The van der Waals surface area contributed by atoms with Gasteiger partial charge in [-0.15, -0.1) is 0 Å². The van der Waals surface area contributed by atoms with Crippen LogP contribution in [0.15, 0.2) is 41.4 Å². The van der Waals surface area contributed by atoms with Gasteiger partial charge in [-0.2, -0.15) is 5.10 Å². The quantitative estimate of drug-likeness (QED) is 0.332. The molecule has 0 saturated heterocycles. The molecule has 0 aliphatic rings. The van der Waals surface area contributed by atoms with Crippen LogP contribution in [0, 0.1) is 5.82 Å². The van der Waals surface area contributed by atoms with Crippen LogP contribution < -0.4 is 10.6 Å². The Balaban J connectivity index is 1.75. The predicted molar refractivity (Wildman–Crippen MR) is 123 cm³/mol. The first-order valence-electron chi connectivity index (χ1n) is 10.1. The molecule has 1 aromatic carbocycles. The van der Waals surface area contributed by atoms with Crippen LogP contribution in [0.25, 0.3) is 0 Å². The van der Waals surface area contributed by atoms with Gasteiger partial charge in [0, 0.05) is 42.1 Å². The van der Waals surface area contributed by atoms with E-state index in [0.717, 1.165) is 6.07 Å². The largest absolute Gasteiger partial charge is 0.383 e. The molecule has 0 saturated carbocycles. The highest BCUT2D eigenvalue weighted by molar-refractivity contribution is 9.10. The fourth-order valence-electron chi connectivity index (χ4n) is 3.06. The van der Waals surface area contributed by atoms with Crippen LogP contribution in [0.4, 0.5) is 4.39 Å². The Kier molecular flexibility index (Phi) is 8.22. The van der Waals surface area contributed by atoms with Crippen LogP contribution in [0.3, 0.4) is 0 Å². The standard InChI is InChI=1S/C21H23BrClFN6O3/c1-11(2)30-9-16(22)19(29-30)21(33)26-8-17(12-3-13(23)5-14(24)4-12)28-20(32)18(31)6-15-7-25-10-27-15/h3-5,7,9-11,17-18,31H,6,8H2,1-2H3,(H,25,27)(H,26,33)(H,28,32)/t17?,18-/m1/s1. The number of nitrogens with zero attached hydrogens (tertiary/aromatic N) is 3. The third kappa shape index (κ3) is 6.62. The molecule has 2 atom stereocenters. The summed E-state index contributed by atoms with van der Waals surface area (Å²) < 4.78 is 16.1. The maximum atomic E-state index is 14.0. The summed E-state index contributed by atoms with van der Waals surface area (Å²) in [5.41, 5.74) is 1.07. The summed E-state index contributed by atoms with van der Waals surface area (Å²) in [6.07, 6.45) is 3.25. The van der Waals surface area contributed by atoms with Gasteiger partial charge in [0.1, 0.15) is 11.9 Å². The van der Waals surface area contributed by atoms with E-state index in [9.17, 15) is 19.1 Å². The zero-order valence-corrected chi connectivity index (χ0v) is 20.2. The van der Waals surface area contributed by atoms with E-state index >= 15 is 0 Å². The smallest absolute Gasteiger partial charge is 0.273 e. The monoisotopic (exact) mass is 540 g/mol. The van der Waals surface area contributed by atoms with Gasteiger partial charge >= 0.3 is 0 Å². The zero-order chi connectivity index (χ0) is 24.1. The Hall–Kier alpha value is -2.76. The molecule has 176 valence electrons. The minimum absolute atomic E-state index is 0.00834. The number of rotatable bonds is 9. The molecule has 2 heterocycles. The number of aliphatic hydroxyl groups excluding tert-OH is 1. The number of aromatic amines is 1. The van der Waals surface area contributed by atoms with E-state index < -0.39 is 29.8 Å². The van der Waals surface area contributed by atoms with E-state index in [4.69, 9.17) is 11.6 Å². The number of carbonyl (C=O) groups is 2. The summed E-state index contributed by atoms with van der Waals surface area (Å²) in [5.74, 6) is -1.78. The molecule has 12 heteroatoms. The van der Waals surface area contributed by atoms with Gasteiger partial charge in [0.25, 0.3) is 5.91 Å². The molecule has 0 aliphatic heterocycles. The lowest BCUT2D eigenvalue weighted by Gasteiger charge is -2.22. The number of halogens is 3. The number of benzene rings is 1. The van der Waals surface area contributed by atoms with Gasteiger partial charge in [0.05, 0.1) is 16.8 Å². The molecule has 4 N–H and O–H groups in total. The number of aromatic nitrogens is 4. The summed E-state index contributed by atoms with van der Waals surface area (Å²) in [6.45, 7) is 3.76. The molecule has 0 fully saturated rings. The van der Waals surface area contributed by atoms with Crippen LogP contribution >= 0.6 is 27.5 Å². The third-order valence-corrected chi connectivity index (χ3v) is 5.57. The molecule has 0 spiro atoms. The van der Waals surface area contributed by atoms with Crippen LogP contribution in [0.1, 0.15) is 47.7 Å². The number of carbonyl (C=O) groups excluding carboxylic acids is 2. The Labute approximate surface area is 202 Å². The first kappa shape index (κ1) is 24.9. The normalized spacial score (nSPS) is 13.1. The van der Waals surface area contributed by atoms with Gasteiger partial charge in [-0.1, -0.05) is 11.6 Å². The van der Waals surface area contributed by atoms with Gasteiger partial charge in [0.15, 0.2) is 5.69 Å². The van der Waals surface area contributed by atoms with Crippen LogP contribution in [-0.4, -0.2) is 49.3 Å². The zero-order valence-electron chi connectivity index (χ0n) is 17.8. The van der Waals surface area contributed by atoms with Crippen molar-refractivity contribution in [2.75, 3.05) is 6.54 Å². The van der Waals surface area contributed by atoms with Gasteiger partial charge in [0.2, 0.25) is 5.91 Å². The molecule has 2 amide bonds. The maximum Gasteiger partial charge on any atom is 0.273 e. The van der Waals surface area contributed by atoms with E-state index in [1.807, 2.05) is 13.8 Å². The van der Waals surface area contributed by atoms with Crippen LogP contribution in [0.5, 0.6) is 0 Å².